The second-order valence-electron chi connectivity index (χ2n) is 13.6. The minimum Gasteiger partial charge on any atom is -0.569 e. The Labute approximate surface area is 254 Å². The Bertz CT molecular complexity index is 1250. The first-order chi connectivity index (χ1) is 20.8. The summed E-state index contributed by atoms with van der Waals surface area (Å²) < 4.78 is 21.9. The van der Waals surface area contributed by atoms with Crippen molar-refractivity contribution in [1.82, 2.24) is 5.01 Å². The monoisotopic (exact) mass is 623 g/mol. The molecule has 0 radical (unpaired) electrons. The quantitative estimate of drug-likeness (QED) is 0.0637. The van der Waals surface area contributed by atoms with Gasteiger partial charge >= 0.3 is 11.9 Å². The van der Waals surface area contributed by atoms with Gasteiger partial charge in [-0.3, -0.25) is 14.4 Å². The molecule has 0 aromatic heterocycles. The summed E-state index contributed by atoms with van der Waals surface area (Å²) in [5.74, 6) is -6.34. The molecule has 7 fully saturated rings. The number of carbonyl (C=O) groups is 3. The highest BCUT2D eigenvalue weighted by Crippen LogP contribution is 2.76. The fourth-order valence-corrected chi connectivity index (χ4v) is 9.46. The fourth-order valence-electron chi connectivity index (χ4n) is 9.46. The van der Waals surface area contributed by atoms with E-state index in [9.17, 15) is 34.9 Å². The van der Waals surface area contributed by atoms with Crippen LogP contribution in [0.15, 0.2) is 17.4 Å². The second-order valence-corrected chi connectivity index (χ2v) is 13.6. The van der Waals surface area contributed by atoms with Gasteiger partial charge in [0.1, 0.15) is 30.7 Å². The maximum absolute atomic E-state index is 14.1. The number of morpholine rings is 1. The van der Waals surface area contributed by atoms with Gasteiger partial charge in [-0.1, -0.05) is 20.4 Å². The van der Waals surface area contributed by atoms with E-state index in [4.69, 9.17) is 23.8 Å². The Kier molecular flexibility index (Phi) is 7.71. The van der Waals surface area contributed by atoms with Gasteiger partial charge in [0, 0.05) is 17.3 Å². The van der Waals surface area contributed by atoms with Crippen LogP contribution in [0.4, 0.5) is 0 Å². The molecule has 3 heterocycles. The molecule has 9 atom stereocenters. The predicted molar refractivity (Wildman–Crippen MR) is 144 cm³/mol. The van der Waals surface area contributed by atoms with Crippen LogP contribution in [0.1, 0.15) is 52.4 Å². The molecule has 3 N–H and O–H groups in total. The average molecular weight is 624 g/mol. The van der Waals surface area contributed by atoms with Crippen LogP contribution in [0.3, 0.4) is 0 Å². The number of carbonyl (C=O) groups excluding carboxylic acids is 3. The third-order valence-electron chi connectivity index (χ3n) is 11.3. The molecule has 0 amide bonds. The van der Waals surface area contributed by atoms with Crippen LogP contribution in [0.25, 0.3) is 0 Å². The van der Waals surface area contributed by atoms with Crippen LogP contribution >= 0.6 is 0 Å². The number of nitrogens with zero attached hydrogens (tertiary/aromatic N) is 3. The lowest BCUT2D eigenvalue weighted by Crippen LogP contribution is -2.85. The molecule has 15 nitrogen and oxygen atoms in total. The van der Waals surface area contributed by atoms with Crippen molar-refractivity contribution in [3.8, 4) is 0 Å². The lowest BCUT2D eigenvalue weighted by atomic mass is 9.35. The molecule has 4 aliphatic carbocycles. The summed E-state index contributed by atoms with van der Waals surface area (Å²) in [6.45, 7) is 8.70. The smallest absolute Gasteiger partial charge is 0.309 e. The average Bonchev–Trinajstić information content (AvgIpc) is 3.11. The molecule has 244 valence electrons. The van der Waals surface area contributed by atoms with Crippen molar-refractivity contribution in [1.29, 1.82) is 0 Å². The molecular formula is C29H41N3O12. The third kappa shape index (κ3) is 4.22. The van der Waals surface area contributed by atoms with Gasteiger partial charge in [-0.2, -0.15) is 0 Å². The number of hydrazine groups is 1. The summed E-state index contributed by atoms with van der Waals surface area (Å²) in [7, 11) is 0. The summed E-state index contributed by atoms with van der Waals surface area (Å²) in [6, 6.07) is 0. The van der Waals surface area contributed by atoms with Gasteiger partial charge in [-0.25, -0.2) is 0 Å². The number of Topliss-reactive ketones (excluding diaryl/α,β-unsaturated/α-hetero) is 1. The lowest BCUT2D eigenvalue weighted by molar-refractivity contribution is -0.715. The van der Waals surface area contributed by atoms with E-state index in [1.165, 1.54) is 5.01 Å². The SMILES string of the molecule is C=C1C(=O)[C@]23[C@H](OC(=O)CCC(=O)OCO/N=[N+](\[O-])N4CCOCC4)[C@H]1CC[C@H]2[C@@]12CO[C@@]3(O)[C@@H](O)[C@@H]1C(C)(C)CC[C@@H]2O. The molecule has 44 heavy (non-hydrogen) atoms. The molecule has 0 aromatic rings. The first-order valence-electron chi connectivity index (χ1n) is 15.3. The van der Waals surface area contributed by atoms with Crippen molar-refractivity contribution in [2.24, 2.45) is 39.3 Å². The van der Waals surface area contributed by atoms with Crippen molar-refractivity contribution in [3.63, 3.8) is 0 Å². The van der Waals surface area contributed by atoms with Gasteiger partial charge in [0.05, 0.1) is 43.7 Å². The highest BCUT2D eigenvalue weighted by molar-refractivity contribution is 6.05. The lowest BCUT2D eigenvalue weighted by Gasteiger charge is -2.74. The molecule has 0 unspecified atom stereocenters. The van der Waals surface area contributed by atoms with Crippen LogP contribution < -0.4 is 0 Å². The first-order valence-corrected chi connectivity index (χ1v) is 15.3. The van der Waals surface area contributed by atoms with Gasteiger partial charge in [0.15, 0.2) is 5.78 Å². The van der Waals surface area contributed by atoms with Crippen LogP contribution in [-0.2, 0) is 38.2 Å². The highest BCUT2D eigenvalue weighted by Gasteiger charge is 2.87. The number of fused-ring (bicyclic) bond motifs is 2. The number of hydrogen-bond acceptors (Lipinski definition) is 13. The summed E-state index contributed by atoms with van der Waals surface area (Å²) >= 11 is 0. The Balaban J connectivity index is 1.15. The topological polar surface area (TPSA) is 200 Å². The van der Waals surface area contributed by atoms with Crippen LogP contribution in [0, 0.1) is 39.2 Å². The maximum atomic E-state index is 14.1. The summed E-state index contributed by atoms with van der Waals surface area (Å²) in [5, 5.41) is 52.0. The van der Waals surface area contributed by atoms with Crippen LogP contribution in [0.2, 0.25) is 0 Å². The highest BCUT2D eigenvalue weighted by atomic mass is 16.8. The van der Waals surface area contributed by atoms with Crippen LogP contribution in [-0.4, -0.2) is 107 Å². The van der Waals surface area contributed by atoms with Crippen molar-refractivity contribution >= 4 is 17.7 Å². The molecule has 3 aliphatic heterocycles. The Morgan fingerprint density at radius 1 is 1.16 bits per heavy atom. The molecule has 4 bridgehead atoms. The van der Waals surface area contributed by atoms with E-state index < -0.39 is 95.5 Å². The Morgan fingerprint density at radius 3 is 2.59 bits per heavy atom. The largest absolute Gasteiger partial charge is 0.569 e. The van der Waals surface area contributed by atoms with Gasteiger partial charge in [0.2, 0.25) is 11.1 Å². The van der Waals surface area contributed by atoms with Gasteiger partial charge in [-0.05, 0) is 42.6 Å². The molecule has 7 rings (SSSR count). The Morgan fingerprint density at radius 2 is 1.86 bits per heavy atom. The fraction of sp³-hybridized carbons (Fsp3) is 0.828. The van der Waals surface area contributed by atoms with Gasteiger partial charge in [0.25, 0.3) is 6.79 Å². The van der Waals surface area contributed by atoms with E-state index in [0.717, 1.165) is 0 Å². The molecule has 3 saturated heterocycles. The van der Waals surface area contributed by atoms with Crippen molar-refractivity contribution < 1.29 is 58.5 Å². The molecule has 2 spiro atoms. The number of rotatable bonds is 8. The minimum atomic E-state index is -2.37. The standard InChI is InChI=1S/C29H41N3O12/c1-16-17-4-5-18-27-14-42-29(38,24(37)22(27)26(2,3)9-8-19(27)33)28(18,23(16)36)25(17)44-21(35)7-6-20(34)41-15-43-30-32(39)31-10-12-40-13-11-31/h17-19,22,24-25,33,37-38H,1,4-15H2,2-3H3/b32-30-/t17-,18-,19-,22+,24-,25+,27+,28-,29-/m0/s1. The zero-order valence-corrected chi connectivity index (χ0v) is 25.0. The number of ketones is 1. The maximum Gasteiger partial charge on any atom is 0.309 e. The number of ether oxygens (including phenoxy) is 4. The molecule has 4 saturated carbocycles. The zero-order chi connectivity index (χ0) is 31.7. The molecular weight excluding hydrogens is 582 g/mol. The third-order valence-corrected chi connectivity index (χ3v) is 11.3. The van der Waals surface area contributed by atoms with Gasteiger partial charge in [-0.15, -0.1) is 5.01 Å². The van der Waals surface area contributed by atoms with Crippen LogP contribution in [0.5, 0.6) is 0 Å². The molecule has 0 aromatic carbocycles. The zero-order valence-electron chi connectivity index (χ0n) is 25.0. The summed E-state index contributed by atoms with van der Waals surface area (Å²) in [6.07, 6.45) is -2.48. The van der Waals surface area contributed by atoms with Crippen molar-refractivity contribution in [2.75, 3.05) is 39.7 Å². The normalized spacial score (nSPS) is 42.4. The van der Waals surface area contributed by atoms with E-state index in [2.05, 4.69) is 11.9 Å². The van der Waals surface area contributed by atoms with E-state index >= 15 is 0 Å². The Hall–Kier alpha value is -2.85. The van der Waals surface area contributed by atoms with E-state index in [0.29, 0.717) is 52.0 Å². The summed E-state index contributed by atoms with van der Waals surface area (Å²) in [5.41, 5.74) is -3.18. The van der Waals surface area contributed by atoms with E-state index in [-0.39, 0.29) is 17.1 Å². The molecule has 7 aliphatic rings. The minimum absolute atomic E-state index is 0.0376. The predicted octanol–water partition coefficient (Wildman–Crippen LogP) is 0.349. The number of hydrogen-bond donors (Lipinski definition) is 3. The molecule has 15 heteroatoms. The van der Waals surface area contributed by atoms with Crippen molar-refractivity contribution in [3.05, 3.63) is 17.4 Å². The second kappa shape index (κ2) is 10.9. The number of esters is 2. The van der Waals surface area contributed by atoms with Gasteiger partial charge < -0.3 is 44.3 Å². The van der Waals surface area contributed by atoms with E-state index in [1.54, 1.807) is 0 Å². The number of aliphatic hydroxyl groups excluding tert-OH is 2. The van der Waals surface area contributed by atoms with Crippen molar-refractivity contribution in [2.45, 2.75) is 76.5 Å². The summed E-state index contributed by atoms with van der Waals surface area (Å²) in [4.78, 5) is 44.5. The van der Waals surface area contributed by atoms with E-state index in [1.807, 2.05) is 13.8 Å². The first kappa shape index (κ1) is 31.1. The number of aliphatic hydroxyl groups is 3.